The van der Waals surface area contributed by atoms with Crippen LogP contribution < -0.4 is 5.56 Å². The lowest BCUT2D eigenvalue weighted by Gasteiger charge is -2.07. The standard InChI is InChI=1S/C18H20N4O3/c1-5-25-18(24)12-9-22-15(14(12)10(2)3)17(23)20-16(21-22)13-7-6-11(4)8-19-13/h6-10H,5H2,1-4H3,(H,20,21,23). The van der Waals surface area contributed by atoms with Crippen molar-refractivity contribution in [2.24, 2.45) is 0 Å². The minimum absolute atomic E-state index is 0.0318. The summed E-state index contributed by atoms with van der Waals surface area (Å²) >= 11 is 0. The van der Waals surface area contributed by atoms with Crippen molar-refractivity contribution in [1.82, 2.24) is 19.6 Å². The molecule has 0 aromatic carbocycles. The van der Waals surface area contributed by atoms with Crippen LogP contribution in [-0.2, 0) is 4.74 Å². The summed E-state index contributed by atoms with van der Waals surface area (Å²) in [5, 5.41) is 4.43. The number of hydrogen-bond acceptors (Lipinski definition) is 5. The lowest BCUT2D eigenvalue weighted by Crippen LogP contribution is -2.15. The molecule has 3 heterocycles. The van der Waals surface area contributed by atoms with E-state index in [0.717, 1.165) is 5.56 Å². The van der Waals surface area contributed by atoms with Gasteiger partial charge in [-0.25, -0.2) is 9.31 Å². The van der Waals surface area contributed by atoms with Crippen molar-refractivity contribution in [2.75, 3.05) is 6.61 Å². The average molecular weight is 340 g/mol. The molecule has 0 saturated carbocycles. The molecular weight excluding hydrogens is 320 g/mol. The number of aryl methyl sites for hydroxylation is 1. The fourth-order valence-corrected chi connectivity index (χ4v) is 2.79. The van der Waals surface area contributed by atoms with E-state index in [4.69, 9.17) is 4.74 Å². The van der Waals surface area contributed by atoms with Crippen LogP contribution in [0.3, 0.4) is 0 Å². The van der Waals surface area contributed by atoms with Gasteiger partial charge in [-0.15, -0.1) is 5.10 Å². The zero-order valence-electron chi connectivity index (χ0n) is 14.7. The van der Waals surface area contributed by atoms with Crippen LogP contribution in [0.5, 0.6) is 0 Å². The highest BCUT2D eigenvalue weighted by Crippen LogP contribution is 2.25. The molecule has 3 rings (SSSR count). The summed E-state index contributed by atoms with van der Waals surface area (Å²) in [6.07, 6.45) is 3.26. The molecule has 7 nitrogen and oxygen atoms in total. The van der Waals surface area contributed by atoms with Crippen molar-refractivity contribution in [3.63, 3.8) is 0 Å². The third kappa shape index (κ3) is 3.05. The molecule has 1 N–H and O–H groups in total. The summed E-state index contributed by atoms with van der Waals surface area (Å²) in [6, 6.07) is 3.68. The Labute approximate surface area is 144 Å². The second kappa shape index (κ2) is 6.51. The fraction of sp³-hybridized carbons (Fsp3) is 0.333. The third-order valence-corrected chi connectivity index (χ3v) is 3.91. The minimum atomic E-state index is -0.453. The molecule has 3 aromatic rings. The molecule has 25 heavy (non-hydrogen) atoms. The first-order valence-corrected chi connectivity index (χ1v) is 8.18. The molecule has 0 bridgehead atoms. The maximum Gasteiger partial charge on any atom is 0.340 e. The second-order valence-electron chi connectivity index (χ2n) is 6.15. The van der Waals surface area contributed by atoms with Crippen LogP contribution >= 0.6 is 0 Å². The van der Waals surface area contributed by atoms with Crippen molar-refractivity contribution >= 4 is 11.5 Å². The largest absolute Gasteiger partial charge is 0.462 e. The number of nitrogens with zero attached hydrogens (tertiary/aromatic N) is 3. The molecule has 0 aliphatic rings. The van der Waals surface area contributed by atoms with Gasteiger partial charge in [0, 0.05) is 18.0 Å². The van der Waals surface area contributed by atoms with Gasteiger partial charge < -0.3 is 9.72 Å². The van der Waals surface area contributed by atoms with Gasteiger partial charge in [-0.1, -0.05) is 19.9 Å². The zero-order valence-corrected chi connectivity index (χ0v) is 14.7. The van der Waals surface area contributed by atoms with E-state index in [1.807, 2.05) is 26.8 Å². The Hall–Kier alpha value is -2.96. The van der Waals surface area contributed by atoms with Crippen molar-refractivity contribution in [3.05, 3.63) is 51.6 Å². The molecule has 0 unspecified atom stereocenters. The van der Waals surface area contributed by atoms with Gasteiger partial charge in [-0.2, -0.15) is 0 Å². The molecule has 7 heteroatoms. The quantitative estimate of drug-likeness (QED) is 0.738. The number of nitrogens with one attached hydrogen (secondary N) is 1. The van der Waals surface area contributed by atoms with Gasteiger partial charge in [0.1, 0.15) is 11.2 Å². The van der Waals surface area contributed by atoms with Crippen LogP contribution in [-0.4, -0.2) is 32.2 Å². The Bertz CT molecular complexity index is 984. The highest BCUT2D eigenvalue weighted by molar-refractivity contribution is 5.94. The fourth-order valence-electron chi connectivity index (χ4n) is 2.79. The Morgan fingerprint density at radius 3 is 2.72 bits per heavy atom. The monoisotopic (exact) mass is 340 g/mol. The number of aromatic amines is 1. The number of H-pyrrole nitrogens is 1. The second-order valence-corrected chi connectivity index (χ2v) is 6.15. The summed E-state index contributed by atoms with van der Waals surface area (Å²) < 4.78 is 6.55. The maximum atomic E-state index is 12.7. The summed E-state index contributed by atoms with van der Waals surface area (Å²) in [4.78, 5) is 32.0. The van der Waals surface area contributed by atoms with E-state index in [1.165, 1.54) is 4.52 Å². The molecular formula is C18H20N4O3. The van der Waals surface area contributed by atoms with E-state index in [-0.39, 0.29) is 18.1 Å². The van der Waals surface area contributed by atoms with Gasteiger partial charge >= 0.3 is 5.97 Å². The molecule has 130 valence electrons. The molecule has 0 saturated heterocycles. The lowest BCUT2D eigenvalue weighted by atomic mass is 10.0. The van der Waals surface area contributed by atoms with Crippen LogP contribution in [0.25, 0.3) is 17.0 Å². The van der Waals surface area contributed by atoms with Gasteiger partial charge in [-0.05, 0) is 31.4 Å². The van der Waals surface area contributed by atoms with E-state index in [2.05, 4.69) is 15.1 Å². The van der Waals surface area contributed by atoms with Crippen molar-refractivity contribution in [2.45, 2.75) is 33.6 Å². The predicted molar refractivity (Wildman–Crippen MR) is 93.8 cm³/mol. The molecule has 0 spiro atoms. The molecule has 0 atom stereocenters. The van der Waals surface area contributed by atoms with Gasteiger partial charge in [0.25, 0.3) is 5.56 Å². The summed E-state index contributed by atoms with van der Waals surface area (Å²) in [5.41, 5.74) is 2.61. The summed E-state index contributed by atoms with van der Waals surface area (Å²) in [5.74, 6) is -0.139. The number of carbonyl (C=O) groups is 1. The number of esters is 1. The first kappa shape index (κ1) is 16.9. The smallest absolute Gasteiger partial charge is 0.340 e. The maximum absolute atomic E-state index is 12.7. The number of rotatable bonds is 4. The first-order chi connectivity index (χ1) is 11.9. The van der Waals surface area contributed by atoms with Crippen molar-refractivity contribution in [3.8, 4) is 11.5 Å². The minimum Gasteiger partial charge on any atom is -0.462 e. The predicted octanol–water partition coefficient (Wildman–Crippen LogP) is 2.69. The first-order valence-electron chi connectivity index (χ1n) is 8.18. The van der Waals surface area contributed by atoms with E-state index in [1.54, 1.807) is 25.4 Å². The van der Waals surface area contributed by atoms with Crippen molar-refractivity contribution < 1.29 is 9.53 Å². The van der Waals surface area contributed by atoms with E-state index < -0.39 is 5.97 Å². The van der Waals surface area contributed by atoms with Gasteiger partial charge in [-0.3, -0.25) is 9.78 Å². The van der Waals surface area contributed by atoms with Crippen LogP contribution in [0.2, 0.25) is 0 Å². The SMILES string of the molecule is CCOC(=O)c1cn2nc(-c3ccc(C)cn3)[nH]c(=O)c2c1C(C)C. The third-order valence-electron chi connectivity index (χ3n) is 3.91. The molecule has 0 fully saturated rings. The van der Waals surface area contributed by atoms with Crippen LogP contribution in [0.4, 0.5) is 0 Å². The molecule has 0 radical (unpaired) electrons. The van der Waals surface area contributed by atoms with Crippen LogP contribution in [0, 0.1) is 6.92 Å². The number of fused-ring (bicyclic) bond motifs is 1. The van der Waals surface area contributed by atoms with E-state index in [9.17, 15) is 9.59 Å². The summed E-state index contributed by atoms with van der Waals surface area (Å²) in [7, 11) is 0. The van der Waals surface area contributed by atoms with Crippen molar-refractivity contribution in [1.29, 1.82) is 0 Å². The lowest BCUT2D eigenvalue weighted by molar-refractivity contribution is 0.0525. The summed E-state index contributed by atoms with van der Waals surface area (Å²) in [6.45, 7) is 7.79. The molecule has 0 amide bonds. The van der Waals surface area contributed by atoms with E-state index >= 15 is 0 Å². The topological polar surface area (TPSA) is 89.3 Å². The Morgan fingerprint density at radius 2 is 2.12 bits per heavy atom. The van der Waals surface area contributed by atoms with Gasteiger partial charge in [0.15, 0.2) is 5.82 Å². The molecule has 0 aliphatic heterocycles. The van der Waals surface area contributed by atoms with E-state index in [0.29, 0.717) is 28.2 Å². The average Bonchev–Trinajstić information content (AvgIpc) is 2.96. The molecule has 3 aromatic heterocycles. The highest BCUT2D eigenvalue weighted by atomic mass is 16.5. The number of hydrogen-bond donors (Lipinski definition) is 1. The number of carbonyl (C=O) groups excluding carboxylic acids is 1. The highest BCUT2D eigenvalue weighted by Gasteiger charge is 2.23. The van der Waals surface area contributed by atoms with Gasteiger partial charge in [0.2, 0.25) is 0 Å². The Kier molecular flexibility index (Phi) is 4.39. The molecule has 0 aliphatic carbocycles. The zero-order chi connectivity index (χ0) is 18.1. The van der Waals surface area contributed by atoms with Crippen LogP contribution in [0.15, 0.2) is 29.3 Å². The number of ether oxygens (including phenoxy) is 1. The Morgan fingerprint density at radius 1 is 1.36 bits per heavy atom. The van der Waals surface area contributed by atoms with Crippen LogP contribution in [0.1, 0.15) is 48.2 Å². The normalized spacial score (nSPS) is 11.2. The van der Waals surface area contributed by atoms with Gasteiger partial charge in [0.05, 0.1) is 12.2 Å². The number of pyridine rings is 1. The Balaban J connectivity index is 2.23. The number of aromatic nitrogens is 4.